The van der Waals surface area contributed by atoms with Gasteiger partial charge in [-0.2, -0.15) is 0 Å². The number of carbonyl (C=O) groups is 1. The Bertz CT molecular complexity index is 1170. The average molecular weight is 391 g/mol. The van der Waals surface area contributed by atoms with E-state index in [0.717, 1.165) is 12.0 Å². The maximum Gasteiger partial charge on any atom is 0.407 e. The van der Waals surface area contributed by atoms with Gasteiger partial charge in [0.25, 0.3) is 0 Å². The Hall–Kier alpha value is -3.77. The minimum Gasteiger partial charge on any atom is -0.449 e. The van der Waals surface area contributed by atoms with Crippen molar-refractivity contribution >= 4 is 12.2 Å². The molecule has 5 rings (SSSR count). The summed E-state index contributed by atoms with van der Waals surface area (Å²) in [5.74, 6) is 6.26. The first-order valence-corrected chi connectivity index (χ1v) is 10.2. The molecule has 0 aliphatic heterocycles. The summed E-state index contributed by atoms with van der Waals surface area (Å²) in [6.45, 7) is 0.568. The third-order valence-corrected chi connectivity index (χ3v) is 5.72. The van der Waals surface area contributed by atoms with Crippen molar-refractivity contribution < 1.29 is 9.53 Å². The fraction of sp³-hybridized carbons (Fsp3) is 0.148. The molecule has 0 bridgehead atoms. The molecule has 3 aromatic carbocycles. The first-order valence-electron chi connectivity index (χ1n) is 10.2. The van der Waals surface area contributed by atoms with Crippen LogP contribution in [0.5, 0.6) is 0 Å². The van der Waals surface area contributed by atoms with E-state index in [4.69, 9.17) is 4.74 Å². The minimum atomic E-state index is -0.439. The van der Waals surface area contributed by atoms with Gasteiger partial charge in [-0.1, -0.05) is 84.7 Å². The number of carbonyl (C=O) groups excluding carboxylic acids is 1. The number of nitrogens with one attached hydrogen (secondary N) is 1. The van der Waals surface area contributed by atoms with Crippen molar-refractivity contribution in [2.75, 3.05) is 13.2 Å². The lowest BCUT2D eigenvalue weighted by atomic mass is 9.98. The summed E-state index contributed by atoms with van der Waals surface area (Å²) in [5.41, 5.74) is 8.36. The summed E-state index contributed by atoms with van der Waals surface area (Å²) in [4.78, 5) is 12.2. The van der Waals surface area contributed by atoms with Crippen LogP contribution in [0.2, 0.25) is 0 Å². The van der Waals surface area contributed by atoms with Crippen molar-refractivity contribution in [3.05, 3.63) is 101 Å². The number of hydrogen-bond acceptors (Lipinski definition) is 2. The summed E-state index contributed by atoms with van der Waals surface area (Å²) in [6, 6.07) is 22.7. The van der Waals surface area contributed by atoms with Gasteiger partial charge in [-0.3, -0.25) is 0 Å². The normalized spacial score (nSPS) is 13.1. The number of benzene rings is 3. The Morgan fingerprint density at radius 1 is 0.967 bits per heavy atom. The predicted octanol–water partition coefficient (Wildman–Crippen LogP) is 5.15. The zero-order chi connectivity index (χ0) is 20.3. The van der Waals surface area contributed by atoms with Gasteiger partial charge in [-0.25, -0.2) is 4.79 Å². The highest BCUT2D eigenvalue weighted by atomic mass is 16.5. The van der Waals surface area contributed by atoms with Crippen LogP contribution in [-0.2, 0) is 11.2 Å². The van der Waals surface area contributed by atoms with Crippen LogP contribution in [0.15, 0.2) is 72.8 Å². The Labute approximate surface area is 176 Å². The molecule has 2 aliphatic carbocycles. The maximum atomic E-state index is 12.2. The van der Waals surface area contributed by atoms with E-state index in [-0.39, 0.29) is 12.5 Å². The highest BCUT2D eigenvalue weighted by molar-refractivity contribution is 5.79. The number of hydrogen-bond donors (Lipinski definition) is 1. The van der Waals surface area contributed by atoms with Crippen LogP contribution >= 0.6 is 0 Å². The minimum absolute atomic E-state index is 0.0636. The van der Waals surface area contributed by atoms with E-state index >= 15 is 0 Å². The zero-order valence-corrected chi connectivity index (χ0v) is 16.5. The molecule has 3 nitrogen and oxygen atoms in total. The molecule has 0 radical (unpaired) electrons. The number of amides is 1. The third kappa shape index (κ3) is 3.38. The Morgan fingerprint density at radius 3 is 2.47 bits per heavy atom. The smallest absolute Gasteiger partial charge is 0.407 e. The van der Waals surface area contributed by atoms with E-state index < -0.39 is 6.09 Å². The molecule has 0 heterocycles. The van der Waals surface area contributed by atoms with E-state index in [9.17, 15) is 4.79 Å². The molecule has 3 aromatic rings. The fourth-order valence-electron chi connectivity index (χ4n) is 4.31. The van der Waals surface area contributed by atoms with Crippen LogP contribution in [-0.4, -0.2) is 19.2 Å². The molecule has 0 saturated carbocycles. The Balaban J connectivity index is 1.20. The van der Waals surface area contributed by atoms with Gasteiger partial charge in [0.15, 0.2) is 0 Å². The fourth-order valence-corrected chi connectivity index (χ4v) is 4.31. The number of fused-ring (bicyclic) bond motifs is 4. The lowest BCUT2D eigenvalue weighted by Crippen LogP contribution is -2.26. The molecule has 0 fully saturated rings. The van der Waals surface area contributed by atoms with Crippen LogP contribution < -0.4 is 5.32 Å². The molecule has 0 saturated heterocycles. The van der Waals surface area contributed by atoms with Gasteiger partial charge >= 0.3 is 6.09 Å². The van der Waals surface area contributed by atoms with Crippen LogP contribution in [0, 0.1) is 11.8 Å². The van der Waals surface area contributed by atoms with Gasteiger partial charge in [0, 0.05) is 11.5 Å². The molecular formula is C27H21NO2. The summed E-state index contributed by atoms with van der Waals surface area (Å²) < 4.78 is 5.54. The first kappa shape index (κ1) is 18.3. The average Bonchev–Trinajstić information content (AvgIpc) is 3.39. The molecule has 0 aromatic heterocycles. The van der Waals surface area contributed by atoms with Crippen LogP contribution in [0.4, 0.5) is 4.79 Å². The molecule has 30 heavy (non-hydrogen) atoms. The molecule has 0 atom stereocenters. The van der Waals surface area contributed by atoms with E-state index in [0.29, 0.717) is 6.61 Å². The monoisotopic (exact) mass is 391 g/mol. The quantitative estimate of drug-likeness (QED) is 0.628. The molecule has 2 aliphatic rings. The Kier molecular flexibility index (Phi) is 4.83. The van der Waals surface area contributed by atoms with Crippen molar-refractivity contribution in [3.63, 3.8) is 0 Å². The SMILES string of the molecule is O=C(NCC#Cc1cccc2c1CC=C2)OCC1c2ccccc2-c2ccccc21. The van der Waals surface area contributed by atoms with Gasteiger partial charge in [-0.15, -0.1) is 0 Å². The largest absolute Gasteiger partial charge is 0.449 e. The van der Waals surface area contributed by atoms with E-state index in [2.05, 4.69) is 59.6 Å². The molecular weight excluding hydrogens is 370 g/mol. The van der Waals surface area contributed by atoms with E-state index in [1.165, 1.54) is 33.4 Å². The molecule has 0 spiro atoms. The van der Waals surface area contributed by atoms with E-state index in [1.54, 1.807) is 0 Å². The third-order valence-electron chi connectivity index (χ3n) is 5.72. The number of ether oxygens (including phenoxy) is 1. The zero-order valence-electron chi connectivity index (χ0n) is 16.5. The summed E-state index contributed by atoms with van der Waals surface area (Å²) >= 11 is 0. The van der Waals surface area contributed by atoms with E-state index in [1.807, 2.05) is 36.4 Å². The highest BCUT2D eigenvalue weighted by Gasteiger charge is 2.28. The van der Waals surface area contributed by atoms with Crippen LogP contribution in [0.25, 0.3) is 17.2 Å². The summed E-state index contributed by atoms with van der Waals surface area (Å²) in [7, 11) is 0. The molecule has 3 heteroatoms. The molecule has 1 amide bonds. The van der Waals surface area contributed by atoms with Crippen LogP contribution in [0.3, 0.4) is 0 Å². The molecule has 0 unspecified atom stereocenters. The maximum absolute atomic E-state index is 12.2. The lowest BCUT2D eigenvalue weighted by Gasteiger charge is -2.14. The first-order chi connectivity index (χ1) is 14.8. The van der Waals surface area contributed by atoms with Crippen molar-refractivity contribution in [3.8, 4) is 23.0 Å². The number of rotatable bonds is 3. The van der Waals surface area contributed by atoms with Gasteiger partial charge in [0.1, 0.15) is 6.61 Å². The molecule has 1 N–H and O–H groups in total. The van der Waals surface area contributed by atoms with Crippen molar-refractivity contribution in [1.29, 1.82) is 0 Å². The van der Waals surface area contributed by atoms with Crippen molar-refractivity contribution in [2.45, 2.75) is 12.3 Å². The number of allylic oxidation sites excluding steroid dienone is 1. The second-order valence-electron chi connectivity index (χ2n) is 7.46. The van der Waals surface area contributed by atoms with Gasteiger partial charge < -0.3 is 10.1 Å². The number of alkyl carbamates (subject to hydrolysis) is 1. The van der Waals surface area contributed by atoms with Crippen LogP contribution in [0.1, 0.15) is 33.7 Å². The van der Waals surface area contributed by atoms with Gasteiger partial charge in [0.2, 0.25) is 0 Å². The second-order valence-corrected chi connectivity index (χ2v) is 7.46. The van der Waals surface area contributed by atoms with Gasteiger partial charge in [-0.05, 0) is 45.9 Å². The van der Waals surface area contributed by atoms with Gasteiger partial charge in [0.05, 0.1) is 6.54 Å². The lowest BCUT2D eigenvalue weighted by molar-refractivity contribution is 0.144. The summed E-state index contributed by atoms with van der Waals surface area (Å²) in [5, 5.41) is 2.74. The van der Waals surface area contributed by atoms with Crippen molar-refractivity contribution in [2.24, 2.45) is 0 Å². The predicted molar refractivity (Wildman–Crippen MR) is 119 cm³/mol. The summed E-state index contributed by atoms with van der Waals surface area (Å²) in [6.07, 6.45) is 4.74. The van der Waals surface area contributed by atoms with Crippen molar-refractivity contribution in [1.82, 2.24) is 5.32 Å². The standard InChI is InChI=1S/C27H21NO2/c29-27(28-17-7-11-20-9-5-8-19-10-6-16-21(19)20)30-18-26-24-14-3-1-12-22(24)23-13-2-4-15-25(23)26/h1-6,8-10,12-15,26H,16-18H2,(H,28,29). The highest BCUT2D eigenvalue weighted by Crippen LogP contribution is 2.44. The molecule has 146 valence electrons. The second kappa shape index (κ2) is 7.93. The topological polar surface area (TPSA) is 38.3 Å². The Morgan fingerprint density at radius 2 is 1.70 bits per heavy atom.